The van der Waals surface area contributed by atoms with E-state index < -0.39 is 17.8 Å². The highest BCUT2D eigenvalue weighted by molar-refractivity contribution is 5.77. The molecule has 0 fully saturated rings. The van der Waals surface area contributed by atoms with Gasteiger partial charge in [-0.05, 0) is 0 Å². The molecule has 0 saturated heterocycles. The fourth-order valence-corrected chi connectivity index (χ4v) is 1.30. The van der Waals surface area contributed by atoms with E-state index in [1.54, 1.807) is 0 Å². The molecule has 0 aliphatic rings. The number of alkyl halides is 3. The zero-order valence-corrected chi connectivity index (χ0v) is 8.02. The lowest BCUT2D eigenvalue weighted by atomic mass is 10.3. The number of nitrogens with one attached hydrogen (secondary N) is 1. The summed E-state index contributed by atoms with van der Waals surface area (Å²) in [5.74, 6) is -2.05. The molecule has 7 heteroatoms. The van der Waals surface area contributed by atoms with E-state index in [0.717, 1.165) is 12.1 Å². The van der Waals surface area contributed by atoms with Gasteiger partial charge in [-0.3, -0.25) is 0 Å². The van der Waals surface area contributed by atoms with Gasteiger partial charge in [-0.2, -0.15) is 13.2 Å². The Bertz CT molecular complexity index is 532. The first kappa shape index (κ1) is 10.7. The fourth-order valence-electron chi connectivity index (χ4n) is 1.30. The van der Waals surface area contributed by atoms with Crippen LogP contribution in [0.1, 0.15) is 5.82 Å². The van der Waals surface area contributed by atoms with Crippen LogP contribution in [0.3, 0.4) is 0 Å². The molecule has 0 aliphatic heterocycles. The molecule has 2 rings (SSSR count). The second-order valence-electron chi connectivity index (χ2n) is 3.09. The Kier molecular flexibility index (Phi) is 2.25. The zero-order chi connectivity index (χ0) is 11.9. The third-order valence-electron chi connectivity index (χ3n) is 2.02. The average molecular weight is 234 g/mol. The molecule has 0 bridgehead atoms. The first-order valence-corrected chi connectivity index (χ1v) is 4.22. The summed E-state index contributed by atoms with van der Waals surface area (Å²) in [4.78, 5) is 5.30. The number of nitrogens with zero attached hydrogens (tertiary/aromatic N) is 1. The first-order valence-electron chi connectivity index (χ1n) is 4.22. The van der Waals surface area contributed by atoms with E-state index in [0.29, 0.717) is 0 Å². The molecule has 2 aromatic rings. The average Bonchev–Trinajstić information content (AvgIpc) is 2.58. The Labute approximate surface area is 87.0 Å². The molecular formula is C9H6F4N2O. The van der Waals surface area contributed by atoms with Crippen LogP contribution in [-0.4, -0.2) is 17.1 Å². The van der Waals surface area contributed by atoms with Crippen LogP contribution >= 0.6 is 0 Å². The normalized spacial score (nSPS) is 12.1. The van der Waals surface area contributed by atoms with Crippen LogP contribution in [0.15, 0.2) is 12.1 Å². The smallest absolute Gasteiger partial charge is 0.449 e. The van der Waals surface area contributed by atoms with Crippen molar-refractivity contribution in [3.05, 3.63) is 23.8 Å². The number of benzene rings is 1. The van der Waals surface area contributed by atoms with Crippen LogP contribution in [0.2, 0.25) is 0 Å². The molecule has 1 aromatic carbocycles. The second kappa shape index (κ2) is 3.36. The summed E-state index contributed by atoms with van der Waals surface area (Å²) in [5.41, 5.74) is -0.0174. The Morgan fingerprint density at radius 2 is 2.00 bits per heavy atom. The van der Waals surface area contributed by atoms with Crippen molar-refractivity contribution in [2.75, 3.05) is 7.11 Å². The topological polar surface area (TPSA) is 37.9 Å². The van der Waals surface area contributed by atoms with Gasteiger partial charge < -0.3 is 9.72 Å². The van der Waals surface area contributed by atoms with Crippen molar-refractivity contribution in [1.29, 1.82) is 0 Å². The van der Waals surface area contributed by atoms with Gasteiger partial charge in [-0.1, -0.05) is 0 Å². The SMILES string of the molecule is COc1cc2nc(C(F)(F)F)[nH]c2cc1F. The summed E-state index contributed by atoms with van der Waals surface area (Å²) in [7, 11) is 1.22. The summed E-state index contributed by atoms with van der Waals surface area (Å²) in [6.45, 7) is 0. The molecule has 0 unspecified atom stereocenters. The number of fused-ring (bicyclic) bond motifs is 1. The van der Waals surface area contributed by atoms with Crippen LogP contribution < -0.4 is 4.74 Å². The minimum atomic E-state index is -4.58. The van der Waals surface area contributed by atoms with Crippen molar-refractivity contribution in [3.63, 3.8) is 0 Å². The highest BCUT2D eigenvalue weighted by atomic mass is 19.4. The van der Waals surface area contributed by atoms with E-state index in [4.69, 9.17) is 0 Å². The molecule has 0 radical (unpaired) electrons. The fraction of sp³-hybridized carbons (Fsp3) is 0.222. The molecule has 1 aromatic heterocycles. The second-order valence-corrected chi connectivity index (χ2v) is 3.09. The number of halogens is 4. The molecule has 1 heterocycles. The van der Waals surface area contributed by atoms with Crippen molar-refractivity contribution in [2.45, 2.75) is 6.18 Å². The van der Waals surface area contributed by atoms with E-state index in [-0.39, 0.29) is 16.8 Å². The number of H-pyrrole nitrogens is 1. The summed E-state index contributed by atoms with van der Waals surface area (Å²) in [5, 5.41) is 0. The van der Waals surface area contributed by atoms with Gasteiger partial charge in [-0.25, -0.2) is 9.37 Å². The Morgan fingerprint density at radius 3 is 2.56 bits per heavy atom. The number of hydrogen-bond donors (Lipinski definition) is 1. The van der Waals surface area contributed by atoms with Gasteiger partial charge in [-0.15, -0.1) is 0 Å². The van der Waals surface area contributed by atoms with Gasteiger partial charge in [0, 0.05) is 12.1 Å². The van der Waals surface area contributed by atoms with Crippen LogP contribution in [0.5, 0.6) is 5.75 Å². The zero-order valence-electron chi connectivity index (χ0n) is 8.02. The lowest BCUT2D eigenvalue weighted by molar-refractivity contribution is -0.144. The highest BCUT2D eigenvalue weighted by Gasteiger charge is 2.34. The Morgan fingerprint density at radius 1 is 1.31 bits per heavy atom. The number of aromatic amines is 1. The number of ether oxygens (including phenoxy) is 1. The quantitative estimate of drug-likeness (QED) is 0.770. The molecule has 16 heavy (non-hydrogen) atoms. The van der Waals surface area contributed by atoms with E-state index in [9.17, 15) is 17.6 Å². The lowest BCUT2D eigenvalue weighted by Gasteiger charge is -1.99. The molecule has 0 saturated carbocycles. The number of imidazole rings is 1. The summed E-state index contributed by atoms with van der Waals surface area (Å²) in [6, 6.07) is 2.02. The van der Waals surface area contributed by atoms with Crippen molar-refractivity contribution in [3.8, 4) is 5.75 Å². The predicted octanol–water partition coefficient (Wildman–Crippen LogP) is 2.73. The van der Waals surface area contributed by atoms with E-state index >= 15 is 0 Å². The van der Waals surface area contributed by atoms with E-state index in [2.05, 4.69) is 9.72 Å². The molecule has 86 valence electrons. The summed E-state index contributed by atoms with van der Waals surface area (Å²) < 4.78 is 54.7. The van der Waals surface area contributed by atoms with Crippen molar-refractivity contribution < 1.29 is 22.3 Å². The minimum absolute atomic E-state index is 0.00516. The van der Waals surface area contributed by atoms with Gasteiger partial charge in [0.05, 0.1) is 18.1 Å². The number of hydrogen-bond acceptors (Lipinski definition) is 2. The monoisotopic (exact) mass is 234 g/mol. The van der Waals surface area contributed by atoms with Crippen molar-refractivity contribution in [2.24, 2.45) is 0 Å². The van der Waals surface area contributed by atoms with Crippen LogP contribution in [-0.2, 0) is 6.18 Å². The van der Waals surface area contributed by atoms with Gasteiger partial charge in [0.25, 0.3) is 0 Å². The van der Waals surface area contributed by atoms with E-state index in [1.807, 2.05) is 4.98 Å². The van der Waals surface area contributed by atoms with Gasteiger partial charge in [0.1, 0.15) is 0 Å². The van der Waals surface area contributed by atoms with Crippen molar-refractivity contribution in [1.82, 2.24) is 9.97 Å². The molecule has 0 aliphatic carbocycles. The van der Waals surface area contributed by atoms with Crippen LogP contribution in [0.4, 0.5) is 17.6 Å². The number of aromatic nitrogens is 2. The van der Waals surface area contributed by atoms with Gasteiger partial charge in [0.2, 0.25) is 5.82 Å². The van der Waals surface area contributed by atoms with E-state index in [1.165, 1.54) is 7.11 Å². The number of rotatable bonds is 1. The first-order chi connectivity index (χ1) is 7.41. The Balaban J connectivity index is 2.63. The largest absolute Gasteiger partial charge is 0.494 e. The third kappa shape index (κ3) is 1.68. The lowest BCUT2D eigenvalue weighted by Crippen LogP contribution is -2.06. The molecule has 0 spiro atoms. The maximum atomic E-state index is 13.2. The minimum Gasteiger partial charge on any atom is -0.494 e. The summed E-state index contributed by atoms with van der Waals surface area (Å²) in [6.07, 6.45) is -4.58. The highest BCUT2D eigenvalue weighted by Crippen LogP contribution is 2.30. The standard InChI is InChI=1S/C9H6F4N2O/c1-16-7-3-6-5(2-4(7)10)14-8(15-6)9(11,12)13/h2-3H,1H3,(H,14,15). The Hall–Kier alpha value is -1.79. The molecule has 3 nitrogen and oxygen atoms in total. The number of methoxy groups -OCH3 is 1. The van der Waals surface area contributed by atoms with Gasteiger partial charge in [0.15, 0.2) is 11.6 Å². The van der Waals surface area contributed by atoms with Crippen LogP contribution in [0, 0.1) is 5.82 Å². The maximum Gasteiger partial charge on any atom is 0.449 e. The van der Waals surface area contributed by atoms with Crippen LogP contribution in [0.25, 0.3) is 11.0 Å². The van der Waals surface area contributed by atoms with Gasteiger partial charge >= 0.3 is 6.18 Å². The third-order valence-corrected chi connectivity index (χ3v) is 2.02. The van der Waals surface area contributed by atoms with Crippen molar-refractivity contribution >= 4 is 11.0 Å². The summed E-state index contributed by atoms with van der Waals surface area (Å²) >= 11 is 0. The maximum absolute atomic E-state index is 13.2. The predicted molar refractivity (Wildman–Crippen MR) is 47.6 cm³/mol. The molecule has 0 atom stereocenters. The molecule has 1 N–H and O–H groups in total. The molecule has 0 amide bonds. The molecular weight excluding hydrogens is 228 g/mol.